The summed E-state index contributed by atoms with van der Waals surface area (Å²) in [7, 11) is 0. The van der Waals surface area contributed by atoms with Crippen LogP contribution in [0.15, 0.2) is 53.2 Å². The zero-order valence-electron chi connectivity index (χ0n) is 14.0. The second kappa shape index (κ2) is 7.77. The van der Waals surface area contributed by atoms with E-state index in [1.165, 1.54) is 0 Å². The smallest absolute Gasteiger partial charge is 0.245 e. The second-order valence-corrected chi connectivity index (χ2v) is 6.28. The average molecular weight is 401 g/mol. The molecular weight excluding hydrogens is 387 g/mol. The van der Waals surface area contributed by atoms with E-state index < -0.39 is 0 Å². The van der Waals surface area contributed by atoms with Gasteiger partial charge in [-0.25, -0.2) is 14.6 Å². The fourth-order valence-electron chi connectivity index (χ4n) is 2.55. The van der Waals surface area contributed by atoms with Gasteiger partial charge in [0.1, 0.15) is 0 Å². The lowest BCUT2D eigenvalue weighted by Crippen LogP contribution is -2.03. The van der Waals surface area contributed by atoms with E-state index in [2.05, 4.69) is 30.9 Å². The van der Waals surface area contributed by atoms with Crippen molar-refractivity contribution in [1.29, 1.82) is 0 Å². The zero-order valence-corrected chi connectivity index (χ0v) is 15.5. The van der Waals surface area contributed by atoms with E-state index >= 15 is 0 Å². The molecule has 0 aliphatic carbocycles. The van der Waals surface area contributed by atoms with Gasteiger partial charge in [0.05, 0.1) is 0 Å². The molecule has 2 aromatic heterocycles. The highest BCUT2D eigenvalue weighted by Gasteiger charge is 2.14. The number of nitrogens with zero attached hydrogens (tertiary/aromatic N) is 4. The average Bonchev–Trinajstić information content (AvgIpc) is 3.15. The molecule has 4 rings (SSSR count). The topological polar surface area (TPSA) is 88.8 Å². The molecule has 0 saturated carbocycles. The highest BCUT2D eigenvalue weighted by atomic mass is 35.5. The van der Waals surface area contributed by atoms with Crippen LogP contribution in [0, 0.1) is 0 Å². The number of hydrogen-bond donors (Lipinski definition) is 2. The predicted molar refractivity (Wildman–Crippen MR) is 106 cm³/mol. The Labute approximate surface area is 164 Å². The third-order valence-electron chi connectivity index (χ3n) is 3.80. The number of rotatable bonds is 6. The number of benzene rings is 2. The van der Waals surface area contributed by atoms with Gasteiger partial charge in [0.15, 0.2) is 11.6 Å². The third-order valence-corrected chi connectivity index (χ3v) is 4.42. The van der Waals surface area contributed by atoms with E-state index in [0.717, 1.165) is 22.5 Å². The summed E-state index contributed by atoms with van der Waals surface area (Å²) in [5.74, 6) is 1.82. The van der Waals surface area contributed by atoms with Crippen molar-refractivity contribution < 1.29 is 4.63 Å². The molecule has 4 aromatic rings. The first-order valence-corrected chi connectivity index (χ1v) is 9.16. The Morgan fingerprint density at radius 1 is 0.741 bits per heavy atom. The minimum atomic E-state index is 0.311. The largest absolute Gasteiger partial charge is 0.337 e. The molecule has 0 spiro atoms. The molecule has 0 aliphatic rings. The van der Waals surface area contributed by atoms with Crippen LogP contribution in [0.4, 0.5) is 23.0 Å². The maximum atomic E-state index is 5.92. The molecule has 0 radical (unpaired) electrons. The van der Waals surface area contributed by atoms with E-state index in [0.29, 0.717) is 34.7 Å². The fraction of sp³-hybridized carbons (Fsp3) is 0.111. The van der Waals surface area contributed by atoms with Gasteiger partial charge in [-0.15, -0.1) is 23.2 Å². The molecule has 0 aliphatic heterocycles. The number of alkyl halides is 2. The van der Waals surface area contributed by atoms with E-state index in [1.807, 2.05) is 48.5 Å². The number of anilines is 4. The number of aromatic nitrogens is 4. The Morgan fingerprint density at radius 2 is 1.22 bits per heavy atom. The van der Waals surface area contributed by atoms with Crippen molar-refractivity contribution in [3.05, 3.63) is 59.7 Å². The minimum Gasteiger partial charge on any atom is -0.337 e. The van der Waals surface area contributed by atoms with Crippen LogP contribution in [0.2, 0.25) is 0 Å². The SMILES string of the molecule is ClCc1cccc(Nc2nc3nonc3nc2Nc2cccc(CCl)c2)c1. The van der Waals surface area contributed by atoms with Crippen molar-refractivity contribution in [2.24, 2.45) is 0 Å². The Kier molecular flexibility index (Phi) is 5.04. The summed E-state index contributed by atoms with van der Waals surface area (Å²) in [6.45, 7) is 0. The Bertz CT molecular complexity index is 1000. The van der Waals surface area contributed by atoms with Crippen LogP contribution in [0.25, 0.3) is 11.3 Å². The van der Waals surface area contributed by atoms with E-state index in [-0.39, 0.29) is 0 Å². The molecule has 9 heteroatoms. The van der Waals surface area contributed by atoms with Crippen molar-refractivity contribution >= 4 is 57.5 Å². The summed E-state index contributed by atoms with van der Waals surface area (Å²) >= 11 is 11.8. The van der Waals surface area contributed by atoms with Gasteiger partial charge in [-0.2, -0.15) is 0 Å². The lowest BCUT2D eigenvalue weighted by molar-refractivity contribution is 0.314. The Balaban J connectivity index is 1.72. The second-order valence-electron chi connectivity index (χ2n) is 5.75. The van der Waals surface area contributed by atoms with Crippen molar-refractivity contribution in [2.45, 2.75) is 11.8 Å². The summed E-state index contributed by atoms with van der Waals surface area (Å²) in [5.41, 5.74) is 4.26. The van der Waals surface area contributed by atoms with Gasteiger partial charge < -0.3 is 10.6 Å². The number of hydrogen-bond acceptors (Lipinski definition) is 7. The molecule has 0 fully saturated rings. The van der Waals surface area contributed by atoms with E-state index in [1.54, 1.807) is 0 Å². The van der Waals surface area contributed by atoms with E-state index in [9.17, 15) is 0 Å². The van der Waals surface area contributed by atoms with Crippen LogP contribution in [0.1, 0.15) is 11.1 Å². The van der Waals surface area contributed by atoms with Gasteiger partial charge in [-0.05, 0) is 45.7 Å². The molecule has 136 valence electrons. The summed E-state index contributed by atoms with van der Waals surface area (Å²) < 4.78 is 4.73. The monoisotopic (exact) mass is 400 g/mol. The summed E-state index contributed by atoms with van der Waals surface area (Å²) in [5, 5.41) is 14.0. The molecule has 0 amide bonds. The van der Waals surface area contributed by atoms with Crippen LogP contribution in [-0.2, 0) is 11.8 Å². The van der Waals surface area contributed by atoms with Gasteiger partial charge in [0.2, 0.25) is 11.3 Å². The normalized spacial score (nSPS) is 10.9. The van der Waals surface area contributed by atoms with Crippen molar-refractivity contribution in [3.63, 3.8) is 0 Å². The molecule has 0 unspecified atom stereocenters. The lowest BCUT2D eigenvalue weighted by Gasteiger charge is -2.12. The van der Waals surface area contributed by atoms with Gasteiger partial charge in [0.25, 0.3) is 0 Å². The number of nitrogens with one attached hydrogen (secondary N) is 2. The highest BCUT2D eigenvalue weighted by molar-refractivity contribution is 6.17. The first kappa shape index (κ1) is 17.5. The number of fused-ring (bicyclic) bond motifs is 1. The van der Waals surface area contributed by atoms with Gasteiger partial charge >= 0.3 is 0 Å². The lowest BCUT2D eigenvalue weighted by atomic mass is 10.2. The van der Waals surface area contributed by atoms with Gasteiger partial charge in [-0.1, -0.05) is 24.3 Å². The summed E-state index contributed by atoms with van der Waals surface area (Å²) in [6.07, 6.45) is 0. The van der Waals surface area contributed by atoms with Crippen molar-refractivity contribution in [2.75, 3.05) is 10.6 Å². The van der Waals surface area contributed by atoms with E-state index in [4.69, 9.17) is 27.8 Å². The Morgan fingerprint density at radius 3 is 1.67 bits per heavy atom. The van der Waals surface area contributed by atoms with Gasteiger partial charge in [-0.3, -0.25) is 0 Å². The van der Waals surface area contributed by atoms with Crippen LogP contribution in [0.5, 0.6) is 0 Å². The van der Waals surface area contributed by atoms with Crippen molar-refractivity contribution in [3.8, 4) is 0 Å². The highest BCUT2D eigenvalue weighted by Crippen LogP contribution is 2.27. The summed E-state index contributed by atoms with van der Waals surface area (Å²) in [4.78, 5) is 8.92. The molecule has 0 bridgehead atoms. The summed E-state index contributed by atoms with van der Waals surface area (Å²) in [6, 6.07) is 15.5. The third kappa shape index (κ3) is 3.94. The zero-order chi connectivity index (χ0) is 18.6. The molecule has 0 atom stereocenters. The van der Waals surface area contributed by atoms with Crippen molar-refractivity contribution in [1.82, 2.24) is 20.3 Å². The standard InChI is InChI=1S/C18H14Cl2N6O/c19-9-11-3-1-5-13(7-11)21-15-16(24-18-17(23-15)25-27-26-18)22-14-6-2-4-12(8-14)10-20/h1-8H,9-10H2,(H,21,23,25)(H,22,24,26). The molecule has 27 heavy (non-hydrogen) atoms. The predicted octanol–water partition coefficient (Wildman–Crippen LogP) is 4.98. The van der Waals surface area contributed by atoms with Gasteiger partial charge in [0, 0.05) is 23.1 Å². The molecule has 2 heterocycles. The van der Waals surface area contributed by atoms with Crippen LogP contribution in [-0.4, -0.2) is 20.3 Å². The molecule has 2 N–H and O–H groups in total. The molecule has 7 nitrogen and oxygen atoms in total. The molecular formula is C18H14Cl2N6O. The fourth-order valence-corrected chi connectivity index (χ4v) is 2.88. The Hall–Kier alpha value is -2.90. The maximum Gasteiger partial charge on any atom is 0.245 e. The molecule has 2 aromatic carbocycles. The maximum absolute atomic E-state index is 5.92. The molecule has 0 saturated heterocycles. The first-order chi connectivity index (χ1) is 13.2. The minimum absolute atomic E-state index is 0.311. The first-order valence-electron chi connectivity index (χ1n) is 8.09. The van der Waals surface area contributed by atoms with Crippen LogP contribution in [0.3, 0.4) is 0 Å². The quantitative estimate of drug-likeness (QED) is 0.441. The van der Waals surface area contributed by atoms with Crippen LogP contribution < -0.4 is 10.6 Å². The number of halogens is 2. The van der Waals surface area contributed by atoms with Crippen LogP contribution >= 0.6 is 23.2 Å².